The van der Waals surface area contributed by atoms with Crippen LogP contribution in [0.25, 0.3) is 0 Å². The molecule has 2 heterocycles. The smallest absolute Gasteiger partial charge is 0.200 e. The zero-order chi connectivity index (χ0) is 15.8. The highest BCUT2D eigenvalue weighted by molar-refractivity contribution is 6.12. The number of rotatable bonds is 2. The molecular formula is C19H16N2O2. The lowest BCUT2D eigenvalue weighted by atomic mass is 10.0. The first-order valence-corrected chi connectivity index (χ1v) is 7.61. The molecule has 0 saturated carbocycles. The molecule has 114 valence electrons. The summed E-state index contributed by atoms with van der Waals surface area (Å²) in [5.74, 6) is 0.629. The van der Waals surface area contributed by atoms with Crippen LogP contribution in [0.2, 0.25) is 0 Å². The van der Waals surface area contributed by atoms with Gasteiger partial charge in [0.15, 0.2) is 0 Å². The number of ketones is 1. The Morgan fingerprint density at radius 1 is 1.09 bits per heavy atom. The van der Waals surface area contributed by atoms with Gasteiger partial charge in [-0.2, -0.15) is 5.10 Å². The molecule has 0 radical (unpaired) electrons. The Bertz CT molecular complexity index is 882. The van der Waals surface area contributed by atoms with Crippen molar-refractivity contribution in [3.05, 3.63) is 82.7 Å². The largest absolute Gasteiger partial charge is 0.487 e. The standard InChI is InChI=1S/C19H16N2O2/c1-13-18-16(21(20-13)11-14-7-3-2-4-8-14)12-23-17-10-6-5-9-15(17)19(18)22/h2-10H,11-12H2,1H3. The van der Waals surface area contributed by atoms with Gasteiger partial charge < -0.3 is 4.74 Å². The number of fused-ring (bicyclic) bond motifs is 2. The minimum absolute atomic E-state index is 0.00934. The molecule has 23 heavy (non-hydrogen) atoms. The number of aryl methyl sites for hydroxylation is 1. The summed E-state index contributed by atoms with van der Waals surface area (Å²) in [6.07, 6.45) is 0. The van der Waals surface area contributed by atoms with Gasteiger partial charge >= 0.3 is 0 Å². The van der Waals surface area contributed by atoms with Gasteiger partial charge in [-0.3, -0.25) is 9.48 Å². The highest BCUT2D eigenvalue weighted by Gasteiger charge is 2.28. The molecule has 0 bridgehead atoms. The van der Waals surface area contributed by atoms with Crippen LogP contribution in [-0.4, -0.2) is 15.6 Å². The lowest BCUT2D eigenvalue weighted by Gasteiger charge is -2.08. The highest BCUT2D eigenvalue weighted by atomic mass is 16.5. The van der Waals surface area contributed by atoms with Gasteiger partial charge in [0, 0.05) is 0 Å². The molecule has 3 aromatic rings. The fourth-order valence-electron chi connectivity index (χ4n) is 3.02. The van der Waals surface area contributed by atoms with E-state index in [1.807, 2.05) is 48.0 Å². The summed E-state index contributed by atoms with van der Waals surface area (Å²) in [5.41, 5.74) is 4.01. The maximum absolute atomic E-state index is 12.9. The Morgan fingerprint density at radius 3 is 2.65 bits per heavy atom. The number of ether oxygens (including phenoxy) is 1. The molecule has 4 nitrogen and oxygen atoms in total. The Labute approximate surface area is 134 Å². The number of benzene rings is 2. The molecule has 4 heteroatoms. The topological polar surface area (TPSA) is 44.1 Å². The van der Waals surface area contributed by atoms with E-state index in [2.05, 4.69) is 17.2 Å². The van der Waals surface area contributed by atoms with Gasteiger partial charge in [0.25, 0.3) is 0 Å². The third-order valence-corrected chi connectivity index (χ3v) is 4.13. The zero-order valence-corrected chi connectivity index (χ0v) is 12.8. The molecular weight excluding hydrogens is 288 g/mol. The average Bonchev–Trinajstić information content (AvgIpc) is 2.79. The van der Waals surface area contributed by atoms with E-state index >= 15 is 0 Å². The first-order valence-electron chi connectivity index (χ1n) is 7.61. The van der Waals surface area contributed by atoms with Crippen molar-refractivity contribution in [2.45, 2.75) is 20.1 Å². The molecule has 0 amide bonds. The van der Waals surface area contributed by atoms with E-state index in [-0.39, 0.29) is 5.78 Å². The summed E-state index contributed by atoms with van der Waals surface area (Å²) in [4.78, 5) is 12.9. The minimum Gasteiger partial charge on any atom is -0.487 e. The maximum Gasteiger partial charge on any atom is 0.200 e. The fourth-order valence-corrected chi connectivity index (χ4v) is 3.02. The van der Waals surface area contributed by atoms with Crippen molar-refractivity contribution in [3.63, 3.8) is 0 Å². The lowest BCUT2D eigenvalue weighted by Crippen LogP contribution is -2.09. The minimum atomic E-state index is -0.00934. The molecule has 0 spiro atoms. The van der Waals surface area contributed by atoms with Crippen LogP contribution in [0.5, 0.6) is 5.75 Å². The summed E-state index contributed by atoms with van der Waals surface area (Å²) < 4.78 is 7.73. The van der Waals surface area contributed by atoms with Gasteiger partial charge in [-0.25, -0.2) is 0 Å². The van der Waals surface area contributed by atoms with Crippen LogP contribution < -0.4 is 4.74 Å². The van der Waals surface area contributed by atoms with E-state index in [9.17, 15) is 4.79 Å². The Hall–Kier alpha value is -2.88. The normalized spacial score (nSPS) is 13.0. The molecule has 0 saturated heterocycles. The van der Waals surface area contributed by atoms with Gasteiger partial charge in [0.05, 0.1) is 29.1 Å². The van der Waals surface area contributed by atoms with E-state index < -0.39 is 0 Å². The van der Waals surface area contributed by atoms with Gasteiger partial charge in [-0.05, 0) is 24.6 Å². The first kappa shape index (κ1) is 13.8. The predicted octanol–water partition coefficient (Wildman–Crippen LogP) is 3.36. The van der Waals surface area contributed by atoms with E-state index in [0.717, 1.165) is 17.0 Å². The Kier molecular flexibility index (Phi) is 3.23. The third kappa shape index (κ3) is 2.32. The van der Waals surface area contributed by atoms with E-state index in [0.29, 0.717) is 30.0 Å². The van der Waals surface area contributed by atoms with E-state index in [1.54, 1.807) is 6.07 Å². The first-order chi connectivity index (χ1) is 11.2. The summed E-state index contributed by atoms with van der Waals surface area (Å²) in [6, 6.07) is 17.5. The van der Waals surface area contributed by atoms with Crippen LogP contribution in [0.1, 0.15) is 32.9 Å². The molecule has 0 N–H and O–H groups in total. The van der Waals surface area contributed by atoms with Crippen molar-refractivity contribution in [2.24, 2.45) is 0 Å². The Morgan fingerprint density at radius 2 is 1.83 bits per heavy atom. The SMILES string of the molecule is Cc1nn(Cc2ccccc2)c2c1C(=O)c1ccccc1OC2. The van der Waals surface area contributed by atoms with E-state index in [1.165, 1.54) is 0 Å². The second kappa shape index (κ2) is 5.39. The molecule has 4 rings (SSSR count). The zero-order valence-electron chi connectivity index (χ0n) is 12.8. The number of para-hydroxylation sites is 1. The molecule has 2 aromatic carbocycles. The van der Waals surface area contributed by atoms with Crippen LogP contribution in [0, 0.1) is 6.92 Å². The van der Waals surface area contributed by atoms with Gasteiger partial charge in [0.1, 0.15) is 12.4 Å². The van der Waals surface area contributed by atoms with Crippen LogP contribution in [0.15, 0.2) is 54.6 Å². The van der Waals surface area contributed by atoms with Crippen LogP contribution in [0.4, 0.5) is 0 Å². The molecule has 0 fully saturated rings. The second-order valence-corrected chi connectivity index (χ2v) is 5.66. The summed E-state index contributed by atoms with van der Waals surface area (Å²) in [7, 11) is 0. The quantitative estimate of drug-likeness (QED) is 0.729. The molecule has 0 atom stereocenters. The molecule has 0 aliphatic carbocycles. The average molecular weight is 304 g/mol. The number of aromatic nitrogens is 2. The van der Waals surface area contributed by atoms with Crippen molar-refractivity contribution in [3.8, 4) is 5.75 Å². The van der Waals surface area contributed by atoms with Crippen LogP contribution >= 0.6 is 0 Å². The van der Waals surface area contributed by atoms with E-state index in [4.69, 9.17) is 4.74 Å². The molecule has 1 aliphatic heterocycles. The third-order valence-electron chi connectivity index (χ3n) is 4.13. The number of hydrogen-bond acceptors (Lipinski definition) is 3. The van der Waals surface area contributed by atoms with Crippen molar-refractivity contribution >= 4 is 5.78 Å². The number of carbonyl (C=O) groups excluding carboxylic acids is 1. The van der Waals surface area contributed by atoms with Gasteiger partial charge in [-0.1, -0.05) is 42.5 Å². The highest BCUT2D eigenvalue weighted by Crippen LogP contribution is 2.30. The van der Waals surface area contributed by atoms with Gasteiger partial charge in [0.2, 0.25) is 5.78 Å². The molecule has 1 aromatic heterocycles. The van der Waals surface area contributed by atoms with Crippen molar-refractivity contribution < 1.29 is 9.53 Å². The second-order valence-electron chi connectivity index (χ2n) is 5.66. The summed E-state index contributed by atoms with van der Waals surface area (Å²) in [5, 5.41) is 4.57. The van der Waals surface area contributed by atoms with Crippen molar-refractivity contribution in [1.29, 1.82) is 0 Å². The molecule has 0 unspecified atom stereocenters. The summed E-state index contributed by atoms with van der Waals surface area (Å²) in [6.45, 7) is 2.86. The van der Waals surface area contributed by atoms with Crippen LogP contribution in [-0.2, 0) is 13.2 Å². The number of carbonyl (C=O) groups is 1. The number of nitrogens with zero attached hydrogens (tertiary/aromatic N) is 2. The number of hydrogen-bond donors (Lipinski definition) is 0. The Balaban J connectivity index is 1.79. The monoisotopic (exact) mass is 304 g/mol. The van der Waals surface area contributed by atoms with Crippen molar-refractivity contribution in [2.75, 3.05) is 0 Å². The summed E-state index contributed by atoms with van der Waals surface area (Å²) >= 11 is 0. The predicted molar refractivity (Wildman–Crippen MR) is 86.7 cm³/mol. The lowest BCUT2D eigenvalue weighted by molar-refractivity contribution is 0.103. The van der Waals surface area contributed by atoms with Crippen molar-refractivity contribution in [1.82, 2.24) is 9.78 Å². The van der Waals surface area contributed by atoms with Gasteiger partial charge in [-0.15, -0.1) is 0 Å². The maximum atomic E-state index is 12.9. The molecule has 1 aliphatic rings. The fraction of sp³-hybridized carbons (Fsp3) is 0.158. The van der Waals surface area contributed by atoms with Crippen LogP contribution in [0.3, 0.4) is 0 Å².